The van der Waals surface area contributed by atoms with Crippen molar-refractivity contribution in [1.82, 2.24) is 10.8 Å². The van der Waals surface area contributed by atoms with Gasteiger partial charge in [-0.05, 0) is 27.7 Å². The molecule has 2 amide bonds. The van der Waals surface area contributed by atoms with Crippen molar-refractivity contribution in [1.29, 1.82) is 0 Å². The van der Waals surface area contributed by atoms with Crippen LogP contribution in [-0.4, -0.2) is 28.9 Å². The highest BCUT2D eigenvalue weighted by atomic mass is 16.6. The highest BCUT2D eigenvalue weighted by Gasteiger charge is 2.20. The number of nitrogens with one attached hydrogen (secondary N) is 2. The first kappa shape index (κ1) is 12.7. The van der Waals surface area contributed by atoms with Crippen molar-refractivity contribution in [2.45, 2.75) is 39.3 Å². The molecule has 0 aromatic carbocycles. The molecule has 0 aliphatic rings. The topological polar surface area (TPSA) is 87.7 Å². The summed E-state index contributed by atoms with van der Waals surface area (Å²) in [6, 6.07) is -0.838. The van der Waals surface area contributed by atoms with Crippen LogP contribution < -0.4 is 10.8 Å². The predicted molar refractivity (Wildman–Crippen MR) is 48.8 cm³/mol. The van der Waals surface area contributed by atoms with E-state index in [4.69, 9.17) is 9.94 Å². The molecule has 0 saturated carbocycles. The van der Waals surface area contributed by atoms with Crippen LogP contribution in [0.3, 0.4) is 0 Å². The molecule has 14 heavy (non-hydrogen) atoms. The Morgan fingerprint density at radius 1 is 1.36 bits per heavy atom. The number of carbonyl (C=O) groups is 2. The van der Waals surface area contributed by atoms with Gasteiger partial charge in [0.2, 0.25) is 0 Å². The van der Waals surface area contributed by atoms with Crippen LogP contribution in [0.4, 0.5) is 4.79 Å². The van der Waals surface area contributed by atoms with E-state index in [1.807, 2.05) is 0 Å². The predicted octanol–water partition coefficient (Wildman–Crippen LogP) is 0.405. The lowest BCUT2D eigenvalue weighted by atomic mass is 10.2. The fourth-order valence-corrected chi connectivity index (χ4v) is 0.647. The zero-order valence-corrected chi connectivity index (χ0v) is 8.75. The van der Waals surface area contributed by atoms with Gasteiger partial charge in [0, 0.05) is 0 Å². The minimum absolute atomic E-state index is 0.612. The third kappa shape index (κ3) is 5.36. The number of hydrogen-bond donors (Lipinski definition) is 3. The molecule has 0 aliphatic carbocycles. The van der Waals surface area contributed by atoms with Crippen LogP contribution in [0.5, 0.6) is 0 Å². The summed E-state index contributed by atoms with van der Waals surface area (Å²) >= 11 is 0. The van der Waals surface area contributed by atoms with Gasteiger partial charge in [0.25, 0.3) is 5.91 Å². The highest BCUT2D eigenvalue weighted by molar-refractivity contribution is 5.84. The molecule has 3 N–H and O–H groups in total. The van der Waals surface area contributed by atoms with Crippen LogP contribution >= 0.6 is 0 Å². The standard InChI is InChI=1S/C8H16N2O4/c1-5(6(11)10-13)9-7(12)14-8(2,3)4/h5,13H,1-4H3,(H,9,12)(H,10,11)/t5-/m0/s1. The lowest BCUT2D eigenvalue weighted by molar-refractivity contribution is -0.130. The summed E-state index contributed by atoms with van der Waals surface area (Å²) in [5, 5.41) is 10.5. The van der Waals surface area contributed by atoms with Crippen LogP contribution in [0.15, 0.2) is 0 Å². The van der Waals surface area contributed by atoms with Crippen LogP contribution in [0.25, 0.3) is 0 Å². The van der Waals surface area contributed by atoms with Gasteiger partial charge in [0.15, 0.2) is 0 Å². The number of ether oxygens (including phenoxy) is 1. The number of carbonyl (C=O) groups excluding carboxylic acids is 2. The van der Waals surface area contributed by atoms with E-state index in [0.29, 0.717) is 0 Å². The molecule has 0 heterocycles. The van der Waals surface area contributed by atoms with Crippen molar-refractivity contribution in [3.8, 4) is 0 Å². The first-order chi connectivity index (χ1) is 6.26. The molecule has 82 valence electrons. The molecule has 0 rings (SSSR count). The Balaban J connectivity index is 4.01. The quantitative estimate of drug-likeness (QED) is 0.449. The highest BCUT2D eigenvalue weighted by Crippen LogP contribution is 2.06. The largest absolute Gasteiger partial charge is 0.444 e. The summed E-state index contributed by atoms with van der Waals surface area (Å²) in [6.45, 7) is 6.56. The molecule has 0 bridgehead atoms. The van der Waals surface area contributed by atoms with Crippen molar-refractivity contribution < 1.29 is 19.5 Å². The van der Waals surface area contributed by atoms with Crippen molar-refractivity contribution in [3.05, 3.63) is 0 Å². The number of alkyl carbamates (subject to hydrolysis) is 1. The lowest BCUT2D eigenvalue weighted by Gasteiger charge is -2.21. The Bertz CT molecular complexity index is 222. The Kier molecular flexibility index (Phi) is 4.36. The summed E-state index contributed by atoms with van der Waals surface area (Å²) in [5.74, 6) is -0.698. The van der Waals surface area contributed by atoms with E-state index in [0.717, 1.165) is 0 Å². The number of rotatable bonds is 2. The Labute approximate surface area is 82.6 Å². The minimum atomic E-state index is -0.838. The van der Waals surface area contributed by atoms with E-state index in [-0.39, 0.29) is 0 Å². The fraction of sp³-hybridized carbons (Fsp3) is 0.750. The second-order valence-electron chi connectivity index (χ2n) is 3.84. The molecule has 1 atom stereocenters. The molecule has 0 aromatic heterocycles. The number of hydrogen-bond acceptors (Lipinski definition) is 4. The van der Waals surface area contributed by atoms with E-state index in [1.54, 1.807) is 20.8 Å². The third-order valence-electron chi connectivity index (χ3n) is 1.24. The second kappa shape index (κ2) is 4.80. The maximum absolute atomic E-state index is 11.1. The first-order valence-corrected chi connectivity index (χ1v) is 4.19. The normalized spacial score (nSPS) is 12.9. The zero-order valence-electron chi connectivity index (χ0n) is 8.75. The van der Waals surface area contributed by atoms with E-state index < -0.39 is 23.6 Å². The van der Waals surface area contributed by atoms with Gasteiger partial charge >= 0.3 is 6.09 Å². The van der Waals surface area contributed by atoms with Crippen molar-refractivity contribution in [3.63, 3.8) is 0 Å². The van der Waals surface area contributed by atoms with Gasteiger partial charge in [-0.15, -0.1) is 0 Å². The van der Waals surface area contributed by atoms with Crippen LogP contribution in [0, 0.1) is 0 Å². The molecule has 0 unspecified atom stereocenters. The van der Waals surface area contributed by atoms with Gasteiger partial charge in [0.05, 0.1) is 0 Å². The van der Waals surface area contributed by atoms with Crippen LogP contribution in [0.2, 0.25) is 0 Å². The molecule has 0 radical (unpaired) electrons. The molecule has 0 aromatic rings. The van der Waals surface area contributed by atoms with Gasteiger partial charge in [-0.1, -0.05) is 0 Å². The van der Waals surface area contributed by atoms with Gasteiger partial charge in [-0.25, -0.2) is 10.3 Å². The lowest BCUT2D eigenvalue weighted by Crippen LogP contribution is -2.45. The Morgan fingerprint density at radius 3 is 2.21 bits per heavy atom. The Hall–Kier alpha value is -1.30. The molecule has 0 fully saturated rings. The van der Waals surface area contributed by atoms with Crippen LogP contribution in [0.1, 0.15) is 27.7 Å². The number of hydroxylamine groups is 1. The van der Waals surface area contributed by atoms with Gasteiger partial charge in [-0.2, -0.15) is 0 Å². The van der Waals surface area contributed by atoms with E-state index in [2.05, 4.69) is 5.32 Å². The van der Waals surface area contributed by atoms with E-state index in [9.17, 15) is 9.59 Å². The monoisotopic (exact) mass is 204 g/mol. The van der Waals surface area contributed by atoms with Gasteiger partial charge < -0.3 is 10.1 Å². The second-order valence-corrected chi connectivity index (χ2v) is 3.84. The molecule has 0 spiro atoms. The molecule has 0 saturated heterocycles. The maximum Gasteiger partial charge on any atom is 0.408 e. The maximum atomic E-state index is 11.1. The van der Waals surface area contributed by atoms with E-state index >= 15 is 0 Å². The first-order valence-electron chi connectivity index (χ1n) is 4.19. The van der Waals surface area contributed by atoms with Crippen LogP contribution in [-0.2, 0) is 9.53 Å². The van der Waals surface area contributed by atoms with Crippen molar-refractivity contribution in [2.75, 3.05) is 0 Å². The average molecular weight is 204 g/mol. The minimum Gasteiger partial charge on any atom is -0.444 e. The Morgan fingerprint density at radius 2 is 1.86 bits per heavy atom. The number of amides is 2. The average Bonchev–Trinajstić information content (AvgIpc) is 1.99. The molecule has 0 aliphatic heterocycles. The molecular weight excluding hydrogens is 188 g/mol. The summed E-state index contributed by atoms with van der Waals surface area (Å²) < 4.78 is 4.89. The smallest absolute Gasteiger partial charge is 0.408 e. The molecule has 6 nitrogen and oxygen atoms in total. The van der Waals surface area contributed by atoms with Gasteiger partial charge in [0.1, 0.15) is 11.6 Å². The molecule has 6 heteroatoms. The fourth-order valence-electron chi connectivity index (χ4n) is 0.647. The van der Waals surface area contributed by atoms with E-state index in [1.165, 1.54) is 12.4 Å². The SMILES string of the molecule is C[C@H](NC(=O)OC(C)(C)C)C(=O)NO. The van der Waals surface area contributed by atoms with Crippen molar-refractivity contribution >= 4 is 12.0 Å². The van der Waals surface area contributed by atoms with Crippen molar-refractivity contribution in [2.24, 2.45) is 0 Å². The zero-order chi connectivity index (χ0) is 11.4. The summed E-state index contributed by atoms with van der Waals surface area (Å²) in [4.78, 5) is 21.9. The summed E-state index contributed by atoms with van der Waals surface area (Å²) in [6.07, 6.45) is -0.700. The summed E-state index contributed by atoms with van der Waals surface area (Å²) in [7, 11) is 0. The summed E-state index contributed by atoms with van der Waals surface area (Å²) in [5.41, 5.74) is 0.812. The third-order valence-corrected chi connectivity index (χ3v) is 1.24. The molecular formula is C8H16N2O4. The van der Waals surface area contributed by atoms with Gasteiger partial charge in [-0.3, -0.25) is 10.0 Å².